The second kappa shape index (κ2) is 37.1. The minimum atomic E-state index is -3.16. The maximum absolute atomic E-state index is 12.6. The SMILES string of the molecule is CCO[Si](CCCNC(=O)OCCOCCC[Si](C)(O[Si](C)(C)O[Si](C)(CCCOCCO)O[Si](C)(CCC[Si](C)(C)C)O[Si](C)(C)C)O[Si](C)(CCC[Si](OCC)(OCC)OCC)O[Si](C)(C)C)(OCC)OCC. The zero-order valence-corrected chi connectivity index (χ0v) is 61.7. The second-order valence-electron chi connectivity index (χ2n) is 23.3. The molecule has 0 rings (SSSR count). The summed E-state index contributed by atoms with van der Waals surface area (Å²) in [5.41, 5.74) is 0. The Morgan fingerprint density at radius 2 is 0.733 bits per heavy atom. The Hall–Kier alpha value is 0.839. The van der Waals surface area contributed by atoms with Gasteiger partial charge in [-0.05, 0) is 170 Å². The standard InChI is InChI=1S/C47H115NO17Si10/c1-22-54-74(55-23-2,56-24-3)45-28-33-48-47(50)53-39-38-52-36-30-42-73(21,65-71(19,61-68(13,14)15)44-32-46-75(57-25-4,58-26-5)59-27-6)63-69(16,17)62-72(20,41-29-35-51-37-34-49)64-70(18,60-67(10,11)12)43-31-40-66(7,8)9/h49H,22-46H2,1-21H3,(H,48,50). The van der Waals surface area contributed by atoms with Gasteiger partial charge in [-0.1, -0.05) is 32.1 Å². The summed E-state index contributed by atoms with van der Waals surface area (Å²) in [6.45, 7) is 50.4. The van der Waals surface area contributed by atoms with E-state index in [-0.39, 0.29) is 26.4 Å². The number of nitrogens with one attached hydrogen (secondary N) is 1. The first-order chi connectivity index (χ1) is 34.7. The zero-order chi connectivity index (χ0) is 57.6. The third kappa shape index (κ3) is 36.8. The lowest BCUT2D eigenvalue weighted by molar-refractivity contribution is 0.0687. The van der Waals surface area contributed by atoms with Gasteiger partial charge in [0.25, 0.3) is 0 Å². The van der Waals surface area contributed by atoms with E-state index in [0.29, 0.717) is 102 Å². The van der Waals surface area contributed by atoms with Crippen molar-refractivity contribution >= 4 is 91.2 Å². The lowest BCUT2D eigenvalue weighted by atomic mass is 10.5. The van der Waals surface area contributed by atoms with Crippen LogP contribution in [0.25, 0.3) is 0 Å². The molecule has 0 fully saturated rings. The summed E-state index contributed by atoms with van der Waals surface area (Å²) in [6, 6.07) is 5.37. The van der Waals surface area contributed by atoms with Gasteiger partial charge in [-0.25, -0.2) is 4.79 Å². The maximum Gasteiger partial charge on any atom is 0.500 e. The van der Waals surface area contributed by atoms with Gasteiger partial charge in [0.2, 0.25) is 0 Å². The molecule has 0 aliphatic heterocycles. The highest BCUT2D eigenvalue weighted by Gasteiger charge is 2.53. The highest BCUT2D eigenvalue weighted by atomic mass is 28.5. The molecule has 0 saturated carbocycles. The Morgan fingerprint density at radius 3 is 1.09 bits per heavy atom. The van der Waals surface area contributed by atoms with Crippen LogP contribution in [-0.2, 0) is 65.5 Å². The van der Waals surface area contributed by atoms with Crippen molar-refractivity contribution in [2.75, 3.05) is 85.8 Å². The Bertz CT molecular complexity index is 1470. The van der Waals surface area contributed by atoms with Crippen LogP contribution < -0.4 is 5.32 Å². The van der Waals surface area contributed by atoms with Gasteiger partial charge in [-0.2, -0.15) is 0 Å². The van der Waals surface area contributed by atoms with Gasteiger partial charge in [-0.15, -0.1) is 0 Å². The molecule has 0 spiro atoms. The Morgan fingerprint density at radius 1 is 0.387 bits per heavy atom. The number of hydrogen-bond acceptors (Lipinski definition) is 17. The molecule has 0 aromatic carbocycles. The van der Waals surface area contributed by atoms with Crippen molar-refractivity contribution in [3.8, 4) is 0 Å². The molecule has 18 nitrogen and oxygen atoms in total. The highest BCUT2D eigenvalue weighted by molar-refractivity contribution is 6.92. The van der Waals surface area contributed by atoms with Crippen LogP contribution in [0.15, 0.2) is 0 Å². The van der Waals surface area contributed by atoms with E-state index in [0.717, 1.165) is 25.3 Å². The second-order valence-corrected chi connectivity index (χ2v) is 61.6. The summed E-state index contributed by atoms with van der Waals surface area (Å²) in [7, 11) is -26.2. The van der Waals surface area contributed by atoms with Crippen molar-refractivity contribution in [1.82, 2.24) is 5.32 Å². The molecule has 28 heteroatoms. The van der Waals surface area contributed by atoms with Crippen molar-refractivity contribution in [3.63, 3.8) is 0 Å². The monoisotopic (exact) mass is 1250 g/mol. The van der Waals surface area contributed by atoms with Crippen LogP contribution in [0.5, 0.6) is 0 Å². The van der Waals surface area contributed by atoms with Gasteiger partial charge >= 0.3 is 66.5 Å². The van der Waals surface area contributed by atoms with Gasteiger partial charge < -0.3 is 75.9 Å². The molecule has 0 aliphatic rings. The van der Waals surface area contributed by atoms with E-state index in [1.54, 1.807) is 0 Å². The molecule has 0 bridgehead atoms. The van der Waals surface area contributed by atoms with E-state index in [1.807, 2.05) is 41.5 Å². The van der Waals surface area contributed by atoms with Crippen LogP contribution >= 0.6 is 0 Å². The van der Waals surface area contributed by atoms with Crippen molar-refractivity contribution < 1.29 is 75.4 Å². The minimum absolute atomic E-state index is 0.0253. The quantitative estimate of drug-likeness (QED) is 0.0432. The molecular weight excluding hydrogens is 1130 g/mol. The summed E-state index contributed by atoms with van der Waals surface area (Å²) < 4.78 is 98.3. The molecule has 2 N–H and O–H groups in total. The molecule has 4 atom stereocenters. The summed E-state index contributed by atoms with van der Waals surface area (Å²) >= 11 is 0. The molecule has 4 unspecified atom stereocenters. The van der Waals surface area contributed by atoms with Crippen molar-refractivity contribution in [2.24, 2.45) is 0 Å². The summed E-state index contributed by atoms with van der Waals surface area (Å²) in [4.78, 5) is 12.6. The molecule has 0 aromatic heterocycles. The number of alkyl carbamates (subject to hydrolysis) is 1. The Balaban J connectivity index is 6.75. The number of aliphatic hydroxyl groups is 1. The van der Waals surface area contributed by atoms with E-state index in [4.69, 9.17) is 65.5 Å². The van der Waals surface area contributed by atoms with Crippen molar-refractivity contribution in [3.05, 3.63) is 0 Å². The number of ether oxygens (including phenoxy) is 3. The predicted molar refractivity (Wildman–Crippen MR) is 327 cm³/mol. The molecule has 0 aromatic rings. The summed E-state index contributed by atoms with van der Waals surface area (Å²) in [5.74, 6) is 0. The predicted octanol–water partition coefficient (Wildman–Crippen LogP) is 11.9. The number of hydrogen-bond donors (Lipinski definition) is 2. The lowest BCUT2D eigenvalue weighted by Crippen LogP contribution is -2.63. The van der Waals surface area contributed by atoms with Gasteiger partial charge in [0.1, 0.15) is 6.61 Å². The van der Waals surface area contributed by atoms with Crippen molar-refractivity contribution in [1.29, 1.82) is 0 Å². The first-order valence-electron chi connectivity index (χ1n) is 28.4. The van der Waals surface area contributed by atoms with E-state index in [1.165, 1.54) is 6.04 Å². The summed E-state index contributed by atoms with van der Waals surface area (Å²) in [5, 5.41) is 12.3. The smallest absolute Gasteiger partial charge is 0.447 e. The Kier molecular flexibility index (Phi) is 37.5. The average Bonchev–Trinajstić information content (AvgIpc) is 3.22. The zero-order valence-electron chi connectivity index (χ0n) is 51.7. The number of aliphatic hydroxyl groups excluding tert-OH is 1. The van der Waals surface area contributed by atoms with Crippen molar-refractivity contribution in [2.45, 2.75) is 214 Å². The Labute approximate surface area is 469 Å². The topological polar surface area (TPSA) is 188 Å². The van der Waals surface area contributed by atoms with Crippen LogP contribution in [0.4, 0.5) is 4.79 Å². The fourth-order valence-electron chi connectivity index (χ4n) is 9.33. The number of amides is 1. The fourth-order valence-corrected chi connectivity index (χ4v) is 51.7. The van der Waals surface area contributed by atoms with E-state index in [2.05, 4.69) is 104 Å². The largest absolute Gasteiger partial charge is 0.500 e. The average molecular weight is 1250 g/mol. The molecule has 0 aliphatic carbocycles. The van der Waals surface area contributed by atoms with Gasteiger partial charge in [0, 0.05) is 79.6 Å². The third-order valence-corrected chi connectivity index (χ3v) is 47.0. The minimum Gasteiger partial charge on any atom is -0.447 e. The number of carbonyl (C=O) groups is 1. The first-order valence-corrected chi connectivity index (χ1v) is 55.7. The van der Waals surface area contributed by atoms with E-state index >= 15 is 0 Å². The number of carbonyl (C=O) groups excluding carboxylic acids is 1. The molecular formula is C47H115NO17Si10. The van der Waals surface area contributed by atoms with Crippen LogP contribution in [0, 0.1) is 0 Å². The molecule has 75 heavy (non-hydrogen) atoms. The van der Waals surface area contributed by atoms with Crippen LogP contribution in [0.2, 0.25) is 141 Å². The highest BCUT2D eigenvalue weighted by Crippen LogP contribution is 2.36. The van der Waals surface area contributed by atoms with Crippen LogP contribution in [0.3, 0.4) is 0 Å². The van der Waals surface area contributed by atoms with E-state index in [9.17, 15) is 9.90 Å². The third-order valence-electron chi connectivity index (χ3n) is 11.2. The number of rotatable bonds is 49. The van der Waals surface area contributed by atoms with Gasteiger partial charge in [0.05, 0.1) is 19.8 Å². The van der Waals surface area contributed by atoms with E-state index < -0.39 is 91.2 Å². The van der Waals surface area contributed by atoms with Gasteiger partial charge in [-0.3, -0.25) is 0 Å². The van der Waals surface area contributed by atoms with Crippen LogP contribution in [0.1, 0.15) is 73.6 Å². The van der Waals surface area contributed by atoms with Crippen LogP contribution in [-0.4, -0.2) is 182 Å². The molecule has 450 valence electrons. The summed E-state index contributed by atoms with van der Waals surface area (Å²) in [6.07, 6.45) is 3.32. The first kappa shape index (κ1) is 75.8. The normalized spacial score (nSPS) is 16.6. The van der Waals surface area contributed by atoms with Gasteiger partial charge in [0.15, 0.2) is 16.6 Å². The maximum atomic E-state index is 12.6. The fraction of sp³-hybridized carbons (Fsp3) is 0.979. The molecule has 0 radical (unpaired) electrons. The molecule has 1 amide bonds. The molecule has 0 heterocycles. The molecule has 0 saturated heterocycles. The lowest BCUT2D eigenvalue weighted by Gasteiger charge is -2.46.